The molecule has 0 atom stereocenters. The number of unbranched alkanes of at least 4 members (excludes halogenated alkanes) is 13. The quantitative estimate of drug-likeness (QED) is 0.0886. The molecule has 186 valence electrons. The molecule has 0 radical (unpaired) electrons. The van der Waals surface area contributed by atoms with Gasteiger partial charge in [-0.05, 0) is 44.9 Å². The fourth-order valence-corrected chi connectivity index (χ4v) is 3.49. The van der Waals surface area contributed by atoms with Crippen molar-refractivity contribution in [2.24, 2.45) is 0 Å². The molecule has 32 heavy (non-hydrogen) atoms. The first kappa shape index (κ1) is 30.5. The molecule has 0 aliphatic heterocycles. The van der Waals surface area contributed by atoms with Gasteiger partial charge in [0, 0.05) is 0 Å². The number of ether oxygens (including phenoxy) is 2. The van der Waals surface area contributed by atoms with E-state index >= 15 is 0 Å². The van der Waals surface area contributed by atoms with Gasteiger partial charge in [0.15, 0.2) is 0 Å². The van der Waals surface area contributed by atoms with E-state index < -0.39 is 6.16 Å². The van der Waals surface area contributed by atoms with Crippen LogP contribution in [0.2, 0.25) is 0 Å². The predicted molar refractivity (Wildman–Crippen MR) is 139 cm³/mol. The second kappa shape index (κ2) is 27.5. The summed E-state index contributed by atoms with van der Waals surface area (Å²) < 4.78 is 10.3. The average Bonchev–Trinajstić information content (AvgIpc) is 2.80. The van der Waals surface area contributed by atoms with Gasteiger partial charge < -0.3 is 9.47 Å². The van der Waals surface area contributed by atoms with Crippen LogP contribution in [0.4, 0.5) is 4.79 Å². The van der Waals surface area contributed by atoms with E-state index in [1.54, 1.807) is 0 Å². The molecule has 0 aromatic carbocycles. The third-order valence-corrected chi connectivity index (χ3v) is 5.48. The van der Waals surface area contributed by atoms with Crippen LogP contribution in [0.25, 0.3) is 0 Å². The van der Waals surface area contributed by atoms with Crippen LogP contribution in [0, 0.1) is 0 Å². The Balaban J connectivity index is 3.25. The molecular weight excluding hydrogens is 396 g/mol. The van der Waals surface area contributed by atoms with Gasteiger partial charge >= 0.3 is 6.16 Å². The van der Waals surface area contributed by atoms with Gasteiger partial charge in [-0.1, -0.05) is 121 Å². The lowest BCUT2D eigenvalue weighted by Crippen LogP contribution is -2.09. The molecule has 0 fully saturated rings. The number of hydrogen-bond donors (Lipinski definition) is 0. The largest absolute Gasteiger partial charge is 0.508 e. The van der Waals surface area contributed by atoms with Crippen molar-refractivity contribution in [1.29, 1.82) is 0 Å². The van der Waals surface area contributed by atoms with E-state index in [0.717, 1.165) is 44.9 Å². The van der Waals surface area contributed by atoms with Gasteiger partial charge in [-0.25, -0.2) is 4.79 Å². The minimum Gasteiger partial charge on any atom is -0.434 e. The maximum Gasteiger partial charge on any atom is 0.508 e. The third-order valence-electron chi connectivity index (χ3n) is 5.48. The summed E-state index contributed by atoms with van der Waals surface area (Å²) in [7, 11) is 0. The molecule has 0 rings (SSSR count). The first-order valence-electron chi connectivity index (χ1n) is 13.6. The molecule has 0 heterocycles. The lowest BCUT2D eigenvalue weighted by Gasteiger charge is -2.06. The number of rotatable bonds is 23. The summed E-state index contributed by atoms with van der Waals surface area (Å²) in [6, 6.07) is 0. The molecule has 3 nitrogen and oxygen atoms in total. The Morgan fingerprint density at radius 1 is 0.531 bits per heavy atom. The van der Waals surface area contributed by atoms with Gasteiger partial charge in [-0.15, -0.1) is 0 Å². The zero-order chi connectivity index (χ0) is 23.4. The summed E-state index contributed by atoms with van der Waals surface area (Å²) >= 11 is 0. The molecule has 0 amide bonds. The fourth-order valence-electron chi connectivity index (χ4n) is 3.49. The molecule has 0 aromatic heterocycles. The molecule has 0 spiro atoms. The van der Waals surface area contributed by atoms with Crippen LogP contribution in [0.5, 0.6) is 0 Å². The van der Waals surface area contributed by atoms with Crippen LogP contribution in [-0.4, -0.2) is 19.4 Å². The van der Waals surface area contributed by atoms with Gasteiger partial charge in [0.2, 0.25) is 0 Å². The van der Waals surface area contributed by atoms with Gasteiger partial charge in [0.05, 0.1) is 13.2 Å². The summed E-state index contributed by atoms with van der Waals surface area (Å²) in [6.45, 7) is 5.39. The SMILES string of the molecule is CCC=CCC=CCC=CCCCCCCCCOC(=O)OCCCCCCCCCC. The Hall–Kier alpha value is -1.51. The highest BCUT2D eigenvalue weighted by molar-refractivity contribution is 5.59. The maximum atomic E-state index is 11.6. The minimum absolute atomic E-state index is 0.487. The van der Waals surface area contributed by atoms with E-state index in [2.05, 4.69) is 50.3 Å². The Labute approximate surface area is 199 Å². The Bertz CT molecular complexity index is 465. The average molecular weight is 449 g/mol. The van der Waals surface area contributed by atoms with Crippen LogP contribution in [0.15, 0.2) is 36.5 Å². The second-order valence-electron chi connectivity index (χ2n) is 8.63. The normalized spacial score (nSPS) is 11.8. The van der Waals surface area contributed by atoms with Crippen LogP contribution in [0.3, 0.4) is 0 Å². The van der Waals surface area contributed by atoms with Gasteiger partial charge in [0.1, 0.15) is 0 Å². The molecule has 0 unspecified atom stereocenters. The summed E-state index contributed by atoms with van der Waals surface area (Å²) in [5, 5.41) is 0. The van der Waals surface area contributed by atoms with E-state index in [0.29, 0.717) is 13.2 Å². The summed E-state index contributed by atoms with van der Waals surface area (Å²) in [5.41, 5.74) is 0. The van der Waals surface area contributed by atoms with Gasteiger partial charge in [-0.3, -0.25) is 0 Å². The molecule has 0 aliphatic rings. The molecule has 0 aliphatic carbocycles. The maximum absolute atomic E-state index is 11.6. The van der Waals surface area contributed by atoms with E-state index in [1.165, 1.54) is 70.6 Å². The van der Waals surface area contributed by atoms with Crippen molar-refractivity contribution < 1.29 is 14.3 Å². The van der Waals surface area contributed by atoms with Crippen molar-refractivity contribution in [2.45, 2.75) is 129 Å². The minimum atomic E-state index is -0.494. The summed E-state index contributed by atoms with van der Waals surface area (Å²) in [4.78, 5) is 11.6. The van der Waals surface area contributed by atoms with E-state index in [9.17, 15) is 4.79 Å². The fraction of sp³-hybridized carbons (Fsp3) is 0.759. The molecular formula is C29H52O3. The van der Waals surface area contributed by atoms with Crippen LogP contribution in [0.1, 0.15) is 129 Å². The van der Waals surface area contributed by atoms with Crippen molar-refractivity contribution in [3.8, 4) is 0 Å². The monoisotopic (exact) mass is 448 g/mol. The van der Waals surface area contributed by atoms with Gasteiger partial charge in [-0.2, -0.15) is 0 Å². The lowest BCUT2D eigenvalue weighted by molar-refractivity contribution is 0.0529. The summed E-state index contributed by atoms with van der Waals surface area (Å²) in [5.74, 6) is 0. The molecule has 3 heteroatoms. The van der Waals surface area contributed by atoms with Crippen molar-refractivity contribution >= 4 is 6.16 Å². The van der Waals surface area contributed by atoms with Gasteiger partial charge in [0.25, 0.3) is 0 Å². The Morgan fingerprint density at radius 3 is 1.50 bits per heavy atom. The van der Waals surface area contributed by atoms with Crippen molar-refractivity contribution in [3.63, 3.8) is 0 Å². The Kier molecular flexibility index (Phi) is 26.2. The van der Waals surface area contributed by atoms with Crippen molar-refractivity contribution in [1.82, 2.24) is 0 Å². The highest BCUT2D eigenvalue weighted by Gasteiger charge is 2.03. The first-order valence-corrected chi connectivity index (χ1v) is 13.6. The van der Waals surface area contributed by atoms with Crippen molar-refractivity contribution in [2.75, 3.05) is 13.2 Å². The van der Waals surface area contributed by atoms with E-state index in [1.807, 2.05) is 0 Å². The Morgan fingerprint density at radius 2 is 0.969 bits per heavy atom. The second-order valence-corrected chi connectivity index (χ2v) is 8.63. The van der Waals surface area contributed by atoms with Crippen LogP contribution >= 0.6 is 0 Å². The van der Waals surface area contributed by atoms with Crippen LogP contribution < -0.4 is 0 Å². The molecule has 0 aromatic rings. The lowest BCUT2D eigenvalue weighted by atomic mass is 10.1. The van der Waals surface area contributed by atoms with E-state index in [-0.39, 0.29) is 0 Å². The molecule has 0 bridgehead atoms. The zero-order valence-corrected chi connectivity index (χ0v) is 21.3. The molecule has 0 N–H and O–H groups in total. The third kappa shape index (κ3) is 26.5. The van der Waals surface area contributed by atoms with Crippen molar-refractivity contribution in [3.05, 3.63) is 36.5 Å². The number of hydrogen-bond acceptors (Lipinski definition) is 3. The zero-order valence-electron chi connectivity index (χ0n) is 21.3. The van der Waals surface area contributed by atoms with E-state index in [4.69, 9.17) is 9.47 Å². The number of carbonyl (C=O) groups excluding carboxylic acids is 1. The predicted octanol–water partition coefficient (Wildman–Crippen LogP) is 9.87. The van der Waals surface area contributed by atoms with Crippen LogP contribution in [-0.2, 0) is 9.47 Å². The topological polar surface area (TPSA) is 35.5 Å². The highest BCUT2D eigenvalue weighted by atomic mass is 16.7. The summed E-state index contributed by atoms with van der Waals surface area (Å²) in [6.07, 6.45) is 34.4. The molecule has 0 saturated carbocycles. The standard InChI is InChI=1S/C29H52O3/c1-3-5-7-9-11-13-14-15-16-17-18-19-20-22-24-26-28-32-29(30)31-27-25-23-21-12-10-8-6-4-2/h5,7,11,13,15-16H,3-4,6,8-10,12,14,17-28H2,1-2H3. The number of allylic oxidation sites excluding steroid dienone is 6. The highest BCUT2D eigenvalue weighted by Crippen LogP contribution is 2.10. The smallest absolute Gasteiger partial charge is 0.434 e. The molecule has 0 saturated heterocycles. The first-order chi connectivity index (χ1) is 15.8. The number of carbonyl (C=O) groups is 1.